The number of aromatic amines is 1. The number of halogens is 2. The van der Waals surface area contributed by atoms with Gasteiger partial charge in [0.2, 0.25) is 11.8 Å². The van der Waals surface area contributed by atoms with E-state index < -0.39 is 49.1 Å². The van der Waals surface area contributed by atoms with Crippen LogP contribution in [-0.4, -0.2) is 69.4 Å². The molecule has 1 aromatic carbocycles. The lowest BCUT2D eigenvalue weighted by atomic mass is 10.1. The van der Waals surface area contributed by atoms with Crippen molar-refractivity contribution in [2.75, 3.05) is 13.1 Å². The molecular weight excluding hydrogens is 550 g/mol. The maximum absolute atomic E-state index is 13.2. The van der Waals surface area contributed by atoms with Crippen LogP contribution in [0.2, 0.25) is 0 Å². The second kappa shape index (κ2) is 12.7. The molecule has 218 valence electrons. The number of nitrogens with one attached hydrogen (secondary N) is 3. The number of para-hydroxylation sites is 1. The van der Waals surface area contributed by atoms with Gasteiger partial charge in [-0.05, 0) is 43.3 Å². The van der Waals surface area contributed by atoms with Gasteiger partial charge in [-0.15, -0.1) is 0 Å². The molecule has 3 N–H and O–H groups in total. The van der Waals surface area contributed by atoms with Crippen LogP contribution < -0.4 is 15.4 Å². The van der Waals surface area contributed by atoms with Crippen LogP contribution in [0.4, 0.5) is 8.78 Å². The summed E-state index contributed by atoms with van der Waals surface area (Å²) in [7, 11) is 0. The van der Waals surface area contributed by atoms with Crippen molar-refractivity contribution >= 4 is 28.6 Å². The standard InChI is InChI=1S/C29H28F2N6O5/c1-17(24-11-18-13-32-10-9-22(18)36-24)35-28(40)25-12-21(42-29(30)31)16-37(25)26(38)15-34-27(39)23-8-7-20(14-33-23)41-19-5-3-2-4-6-19/h2-11,13-14,17,21,25,29,36H,12,15-16H2,1H3,(H,34,39)(H,35,40)/t17-,21-,25+/m1/s1. The average molecular weight is 579 g/mol. The van der Waals surface area contributed by atoms with E-state index in [4.69, 9.17) is 4.74 Å². The van der Waals surface area contributed by atoms with Gasteiger partial charge in [0.15, 0.2) is 0 Å². The van der Waals surface area contributed by atoms with Crippen molar-refractivity contribution in [3.63, 3.8) is 0 Å². The predicted octanol–water partition coefficient (Wildman–Crippen LogP) is 3.57. The van der Waals surface area contributed by atoms with E-state index in [1.54, 1.807) is 43.6 Å². The quantitative estimate of drug-likeness (QED) is 0.262. The van der Waals surface area contributed by atoms with Gasteiger partial charge in [-0.2, -0.15) is 8.78 Å². The Labute approximate surface area is 239 Å². The Kier molecular flexibility index (Phi) is 8.67. The lowest BCUT2D eigenvalue weighted by Crippen LogP contribution is -2.49. The first-order valence-corrected chi connectivity index (χ1v) is 13.2. The predicted molar refractivity (Wildman–Crippen MR) is 147 cm³/mol. The molecule has 3 atom stereocenters. The summed E-state index contributed by atoms with van der Waals surface area (Å²) in [6.45, 7) is -2.01. The summed E-state index contributed by atoms with van der Waals surface area (Å²) in [5.41, 5.74) is 1.59. The highest BCUT2D eigenvalue weighted by Crippen LogP contribution is 2.25. The maximum atomic E-state index is 13.2. The number of hydrogen-bond donors (Lipinski definition) is 3. The molecule has 3 amide bonds. The molecular formula is C29H28F2N6O5. The summed E-state index contributed by atoms with van der Waals surface area (Å²) >= 11 is 0. The normalized spacial score (nSPS) is 17.3. The number of amides is 3. The molecule has 0 saturated carbocycles. The summed E-state index contributed by atoms with van der Waals surface area (Å²) in [4.78, 5) is 51.5. The summed E-state index contributed by atoms with van der Waals surface area (Å²) in [5.74, 6) is -0.763. The van der Waals surface area contributed by atoms with Crippen molar-refractivity contribution in [2.24, 2.45) is 0 Å². The fraction of sp³-hybridized carbons (Fsp3) is 0.276. The number of carbonyl (C=O) groups excluding carboxylic acids is 3. The topological polar surface area (TPSA) is 139 Å². The van der Waals surface area contributed by atoms with Crippen LogP contribution in [0.5, 0.6) is 11.5 Å². The van der Waals surface area contributed by atoms with Crippen LogP contribution in [-0.2, 0) is 14.3 Å². The van der Waals surface area contributed by atoms with Crippen LogP contribution in [0.3, 0.4) is 0 Å². The molecule has 13 heteroatoms. The largest absolute Gasteiger partial charge is 0.456 e. The van der Waals surface area contributed by atoms with Crippen LogP contribution in [0.15, 0.2) is 73.2 Å². The molecule has 4 aromatic rings. The van der Waals surface area contributed by atoms with E-state index in [0.29, 0.717) is 17.2 Å². The van der Waals surface area contributed by atoms with Gasteiger partial charge in [0.05, 0.1) is 24.9 Å². The van der Waals surface area contributed by atoms with E-state index in [0.717, 1.165) is 15.8 Å². The van der Waals surface area contributed by atoms with Crippen molar-refractivity contribution in [1.82, 2.24) is 30.5 Å². The molecule has 1 aliphatic rings. The maximum Gasteiger partial charge on any atom is 0.345 e. The number of nitrogens with zero attached hydrogens (tertiary/aromatic N) is 3. The van der Waals surface area contributed by atoms with Crippen LogP contribution in [0.1, 0.15) is 35.6 Å². The van der Waals surface area contributed by atoms with Crippen molar-refractivity contribution in [3.05, 3.63) is 84.6 Å². The van der Waals surface area contributed by atoms with Crippen molar-refractivity contribution in [1.29, 1.82) is 0 Å². The number of hydrogen-bond acceptors (Lipinski definition) is 7. The van der Waals surface area contributed by atoms with Gasteiger partial charge >= 0.3 is 6.61 Å². The number of carbonyl (C=O) groups is 3. The third-order valence-corrected chi connectivity index (χ3v) is 6.80. The smallest absolute Gasteiger partial charge is 0.345 e. The molecule has 1 aliphatic heterocycles. The van der Waals surface area contributed by atoms with Crippen molar-refractivity contribution < 1.29 is 32.6 Å². The van der Waals surface area contributed by atoms with E-state index in [1.807, 2.05) is 24.3 Å². The Balaban J connectivity index is 1.20. The van der Waals surface area contributed by atoms with Gasteiger partial charge in [-0.25, -0.2) is 4.98 Å². The molecule has 1 fully saturated rings. The van der Waals surface area contributed by atoms with Gasteiger partial charge in [-0.3, -0.25) is 19.4 Å². The number of benzene rings is 1. The first kappa shape index (κ1) is 28.6. The van der Waals surface area contributed by atoms with Gasteiger partial charge in [0.1, 0.15) is 23.2 Å². The average Bonchev–Trinajstić information content (AvgIpc) is 3.61. The summed E-state index contributed by atoms with van der Waals surface area (Å²) in [5, 5.41) is 6.17. The third-order valence-electron chi connectivity index (χ3n) is 6.80. The summed E-state index contributed by atoms with van der Waals surface area (Å²) in [6.07, 6.45) is 3.53. The first-order chi connectivity index (χ1) is 20.3. The Hall–Kier alpha value is -4.91. The van der Waals surface area contributed by atoms with E-state index in [1.165, 1.54) is 12.3 Å². The fourth-order valence-electron chi connectivity index (χ4n) is 4.73. The van der Waals surface area contributed by atoms with E-state index in [9.17, 15) is 23.2 Å². The van der Waals surface area contributed by atoms with E-state index in [2.05, 4.69) is 30.3 Å². The second-order valence-corrected chi connectivity index (χ2v) is 9.71. The number of fused-ring (bicyclic) bond motifs is 1. The van der Waals surface area contributed by atoms with Gasteiger partial charge in [0, 0.05) is 42.0 Å². The van der Waals surface area contributed by atoms with Crippen molar-refractivity contribution in [3.8, 4) is 11.5 Å². The number of rotatable bonds is 10. The molecule has 42 heavy (non-hydrogen) atoms. The van der Waals surface area contributed by atoms with Crippen LogP contribution in [0, 0.1) is 0 Å². The van der Waals surface area contributed by atoms with E-state index >= 15 is 0 Å². The number of H-pyrrole nitrogens is 1. The highest BCUT2D eigenvalue weighted by Gasteiger charge is 2.41. The molecule has 0 radical (unpaired) electrons. The third kappa shape index (κ3) is 6.86. The SMILES string of the molecule is C[C@@H](NC(=O)[C@@H]1C[C@@H](OC(F)F)CN1C(=O)CNC(=O)c1ccc(Oc2ccccc2)cn1)c1cc2cnccc2[nH]1. The second-order valence-electron chi connectivity index (χ2n) is 9.71. The van der Waals surface area contributed by atoms with Crippen LogP contribution >= 0.6 is 0 Å². The zero-order chi connectivity index (χ0) is 29.6. The molecule has 1 saturated heterocycles. The van der Waals surface area contributed by atoms with Gasteiger partial charge < -0.3 is 30.0 Å². The fourth-order valence-corrected chi connectivity index (χ4v) is 4.73. The molecule has 0 bridgehead atoms. The highest BCUT2D eigenvalue weighted by atomic mass is 19.3. The Morgan fingerprint density at radius 2 is 1.90 bits per heavy atom. The van der Waals surface area contributed by atoms with Crippen LogP contribution in [0.25, 0.3) is 10.9 Å². The molecule has 0 aliphatic carbocycles. The molecule has 4 heterocycles. The van der Waals surface area contributed by atoms with Crippen molar-refractivity contribution in [2.45, 2.75) is 38.1 Å². The Morgan fingerprint density at radius 1 is 1.10 bits per heavy atom. The zero-order valence-corrected chi connectivity index (χ0v) is 22.5. The zero-order valence-electron chi connectivity index (χ0n) is 22.5. The number of alkyl halides is 2. The minimum absolute atomic E-state index is 0.0418. The molecule has 0 spiro atoms. The lowest BCUT2D eigenvalue weighted by molar-refractivity contribution is -0.160. The monoisotopic (exact) mass is 578 g/mol. The first-order valence-electron chi connectivity index (χ1n) is 13.2. The summed E-state index contributed by atoms with van der Waals surface area (Å²) in [6, 6.07) is 14.1. The molecule has 5 rings (SSSR count). The molecule has 3 aromatic heterocycles. The molecule has 11 nitrogen and oxygen atoms in total. The minimum atomic E-state index is -3.06. The Morgan fingerprint density at radius 3 is 2.62 bits per heavy atom. The van der Waals surface area contributed by atoms with Gasteiger partial charge in [-0.1, -0.05) is 18.2 Å². The number of likely N-dealkylation sites (tertiary alicyclic amines) is 1. The molecule has 0 unspecified atom stereocenters. The number of pyridine rings is 2. The number of ether oxygens (including phenoxy) is 2. The van der Waals surface area contributed by atoms with E-state index in [-0.39, 0.29) is 18.7 Å². The lowest BCUT2D eigenvalue weighted by Gasteiger charge is -2.25. The number of aromatic nitrogens is 3. The highest BCUT2D eigenvalue weighted by molar-refractivity contribution is 5.96. The Bertz CT molecular complexity index is 1520. The summed E-state index contributed by atoms with van der Waals surface area (Å²) < 4.78 is 36.2. The minimum Gasteiger partial charge on any atom is -0.456 e. The van der Waals surface area contributed by atoms with Gasteiger partial charge in [0.25, 0.3) is 5.91 Å².